The Morgan fingerprint density at radius 2 is 2.24 bits per heavy atom. The average molecular weight is 274 g/mol. The fourth-order valence-electron chi connectivity index (χ4n) is 2.23. The zero-order chi connectivity index (χ0) is 12.3. The van der Waals surface area contributed by atoms with Crippen molar-refractivity contribution in [1.29, 1.82) is 0 Å². The standard InChI is InChI=1S/C13H17Cl2NO/c1-2-13(9-5-6-16-8-9)17-10-3-4-11(14)12(15)7-10/h3-4,7,9,13,16H,2,5-6,8H2,1H3/t9-,13+/m0/s1. The predicted octanol–water partition coefficient (Wildman–Crippen LogP) is 3.76. The summed E-state index contributed by atoms with van der Waals surface area (Å²) in [4.78, 5) is 0. The number of halogens is 2. The topological polar surface area (TPSA) is 21.3 Å². The van der Waals surface area contributed by atoms with Crippen LogP contribution in [0.5, 0.6) is 5.75 Å². The van der Waals surface area contributed by atoms with Crippen LogP contribution < -0.4 is 10.1 Å². The number of rotatable bonds is 4. The minimum absolute atomic E-state index is 0.252. The second-order valence-corrected chi connectivity index (χ2v) is 5.21. The molecule has 0 saturated carbocycles. The highest BCUT2D eigenvalue weighted by atomic mass is 35.5. The fourth-order valence-corrected chi connectivity index (χ4v) is 2.52. The number of hydrogen-bond donors (Lipinski definition) is 1. The first kappa shape index (κ1) is 13.0. The summed E-state index contributed by atoms with van der Waals surface area (Å²) in [5.74, 6) is 1.40. The fraction of sp³-hybridized carbons (Fsp3) is 0.538. The minimum Gasteiger partial charge on any atom is -0.490 e. The lowest BCUT2D eigenvalue weighted by Crippen LogP contribution is -2.28. The molecule has 94 valence electrons. The SMILES string of the molecule is CC[C@@H](Oc1ccc(Cl)c(Cl)c1)[C@H]1CCNC1. The molecule has 2 atom stereocenters. The van der Waals surface area contributed by atoms with Crippen molar-refractivity contribution >= 4 is 23.2 Å². The van der Waals surface area contributed by atoms with E-state index in [9.17, 15) is 0 Å². The van der Waals surface area contributed by atoms with Gasteiger partial charge in [-0.15, -0.1) is 0 Å². The largest absolute Gasteiger partial charge is 0.490 e. The normalized spacial score (nSPS) is 21.5. The zero-order valence-electron chi connectivity index (χ0n) is 9.88. The lowest BCUT2D eigenvalue weighted by atomic mass is 9.99. The van der Waals surface area contributed by atoms with E-state index in [1.165, 1.54) is 6.42 Å². The van der Waals surface area contributed by atoms with Crippen molar-refractivity contribution in [3.05, 3.63) is 28.2 Å². The van der Waals surface area contributed by atoms with Gasteiger partial charge in [-0.25, -0.2) is 0 Å². The molecule has 0 aliphatic carbocycles. The second-order valence-electron chi connectivity index (χ2n) is 4.39. The van der Waals surface area contributed by atoms with Gasteiger partial charge in [-0.3, -0.25) is 0 Å². The molecule has 1 aromatic carbocycles. The van der Waals surface area contributed by atoms with E-state index in [4.69, 9.17) is 27.9 Å². The quantitative estimate of drug-likeness (QED) is 0.902. The van der Waals surface area contributed by atoms with Gasteiger partial charge in [-0.2, -0.15) is 0 Å². The highest BCUT2D eigenvalue weighted by Gasteiger charge is 2.25. The van der Waals surface area contributed by atoms with Gasteiger partial charge in [0.15, 0.2) is 0 Å². The Balaban J connectivity index is 2.04. The minimum atomic E-state index is 0.252. The van der Waals surface area contributed by atoms with Crippen molar-refractivity contribution in [3.8, 4) is 5.75 Å². The van der Waals surface area contributed by atoms with Gasteiger partial charge in [0.1, 0.15) is 11.9 Å². The number of hydrogen-bond acceptors (Lipinski definition) is 2. The molecule has 4 heteroatoms. The Hall–Kier alpha value is -0.440. The smallest absolute Gasteiger partial charge is 0.121 e. The maximum absolute atomic E-state index is 6.00. The third-order valence-corrected chi connectivity index (χ3v) is 3.94. The van der Waals surface area contributed by atoms with Crippen LogP contribution in [-0.4, -0.2) is 19.2 Å². The van der Waals surface area contributed by atoms with Crippen molar-refractivity contribution in [2.75, 3.05) is 13.1 Å². The first-order valence-electron chi connectivity index (χ1n) is 6.03. The Bertz CT molecular complexity index is 378. The molecule has 0 unspecified atom stereocenters. The molecule has 1 heterocycles. The lowest BCUT2D eigenvalue weighted by Gasteiger charge is -2.23. The van der Waals surface area contributed by atoms with Crippen LogP contribution >= 0.6 is 23.2 Å². The Morgan fingerprint density at radius 3 is 2.82 bits per heavy atom. The van der Waals surface area contributed by atoms with Crippen molar-refractivity contribution < 1.29 is 4.74 Å². The Labute approximate surface area is 112 Å². The molecule has 0 aromatic heterocycles. The van der Waals surface area contributed by atoms with E-state index in [0.717, 1.165) is 25.3 Å². The summed E-state index contributed by atoms with van der Waals surface area (Å²) >= 11 is 11.9. The lowest BCUT2D eigenvalue weighted by molar-refractivity contribution is 0.138. The maximum Gasteiger partial charge on any atom is 0.121 e. The molecule has 1 aromatic rings. The first-order chi connectivity index (χ1) is 8.20. The Kier molecular flexibility index (Phi) is 4.55. The molecular formula is C13H17Cl2NO. The van der Waals surface area contributed by atoms with Gasteiger partial charge in [0.2, 0.25) is 0 Å². The molecule has 1 fully saturated rings. The van der Waals surface area contributed by atoms with Gasteiger partial charge < -0.3 is 10.1 Å². The van der Waals surface area contributed by atoms with Crippen LogP contribution in [0, 0.1) is 5.92 Å². The second kappa shape index (κ2) is 5.94. The molecule has 0 spiro atoms. The molecule has 0 radical (unpaired) electrons. The van der Waals surface area contributed by atoms with E-state index in [1.807, 2.05) is 6.07 Å². The summed E-state index contributed by atoms with van der Waals surface area (Å²) in [6.45, 7) is 4.28. The van der Waals surface area contributed by atoms with Gasteiger partial charge >= 0.3 is 0 Å². The maximum atomic E-state index is 6.00. The summed E-state index contributed by atoms with van der Waals surface area (Å²) in [5, 5.41) is 4.48. The van der Waals surface area contributed by atoms with Crippen LogP contribution in [0.25, 0.3) is 0 Å². The van der Waals surface area contributed by atoms with Gasteiger partial charge in [0.05, 0.1) is 10.0 Å². The first-order valence-corrected chi connectivity index (χ1v) is 6.78. The zero-order valence-corrected chi connectivity index (χ0v) is 11.4. The van der Waals surface area contributed by atoms with Crippen LogP contribution in [0.3, 0.4) is 0 Å². The summed E-state index contributed by atoms with van der Waals surface area (Å²) in [5.41, 5.74) is 0. The van der Waals surface area contributed by atoms with Crippen molar-refractivity contribution in [1.82, 2.24) is 5.32 Å². The van der Waals surface area contributed by atoms with Gasteiger partial charge in [0, 0.05) is 18.5 Å². The predicted molar refractivity (Wildman–Crippen MR) is 72.1 cm³/mol. The molecule has 1 aliphatic rings. The molecule has 1 aliphatic heterocycles. The molecule has 1 saturated heterocycles. The summed E-state index contributed by atoms with van der Waals surface area (Å²) in [6.07, 6.45) is 2.44. The van der Waals surface area contributed by atoms with Crippen LogP contribution in [0.2, 0.25) is 10.0 Å². The molecule has 1 N–H and O–H groups in total. The van der Waals surface area contributed by atoms with E-state index in [0.29, 0.717) is 16.0 Å². The molecule has 0 amide bonds. The monoisotopic (exact) mass is 273 g/mol. The summed E-state index contributed by atoms with van der Waals surface area (Å²) in [6, 6.07) is 5.44. The van der Waals surface area contributed by atoms with Crippen LogP contribution in [0.1, 0.15) is 19.8 Å². The molecule has 2 rings (SSSR count). The summed E-state index contributed by atoms with van der Waals surface area (Å²) in [7, 11) is 0. The van der Waals surface area contributed by atoms with Crippen LogP contribution in [-0.2, 0) is 0 Å². The number of ether oxygens (including phenoxy) is 1. The van der Waals surface area contributed by atoms with E-state index >= 15 is 0 Å². The van der Waals surface area contributed by atoms with Gasteiger partial charge in [-0.1, -0.05) is 30.1 Å². The molecule has 17 heavy (non-hydrogen) atoms. The molecule has 2 nitrogen and oxygen atoms in total. The van der Waals surface area contributed by atoms with E-state index in [1.54, 1.807) is 12.1 Å². The molecular weight excluding hydrogens is 257 g/mol. The van der Waals surface area contributed by atoms with Crippen molar-refractivity contribution in [2.24, 2.45) is 5.92 Å². The van der Waals surface area contributed by atoms with Gasteiger partial charge in [-0.05, 0) is 31.5 Å². The van der Waals surface area contributed by atoms with Crippen molar-refractivity contribution in [3.63, 3.8) is 0 Å². The highest BCUT2D eigenvalue weighted by molar-refractivity contribution is 6.42. The number of nitrogens with one attached hydrogen (secondary N) is 1. The van der Waals surface area contributed by atoms with Crippen molar-refractivity contribution in [2.45, 2.75) is 25.9 Å². The number of benzene rings is 1. The third-order valence-electron chi connectivity index (χ3n) is 3.21. The van der Waals surface area contributed by atoms with E-state index < -0.39 is 0 Å². The third kappa shape index (κ3) is 3.27. The molecule has 0 bridgehead atoms. The Morgan fingerprint density at radius 1 is 1.41 bits per heavy atom. The summed E-state index contributed by atoms with van der Waals surface area (Å²) < 4.78 is 6.00. The van der Waals surface area contributed by atoms with Crippen LogP contribution in [0.15, 0.2) is 18.2 Å². The van der Waals surface area contributed by atoms with E-state index in [2.05, 4.69) is 12.2 Å². The highest BCUT2D eigenvalue weighted by Crippen LogP contribution is 2.29. The van der Waals surface area contributed by atoms with Crippen LogP contribution in [0.4, 0.5) is 0 Å². The average Bonchev–Trinajstić information content (AvgIpc) is 2.84. The van der Waals surface area contributed by atoms with Gasteiger partial charge in [0.25, 0.3) is 0 Å². The van der Waals surface area contributed by atoms with E-state index in [-0.39, 0.29) is 6.10 Å².